The second-order valence-electron chi connectivity index (χ2n) is 5.10. The Morgan fingerprint density at radius 1 is 1.47 bits per heavy atom. The number of ether oxygens (including phenoxy) is 1. The number of hydrogen-bond acceptors (Lipinski definition) is 4. The number of amides is 1. The van der Waals surface area contributed by atoms with Crippen LogP contribution in [0.2, 0.25) is 0 Å². The third kappa shape index (κ3) is 4.98. The molecule has 5 nitrogen and oxygen atoms in total. The summed E-state index contributed by atoms with van der Waals surface area (Å²) in [6.45, 7) is 9.05. The lowest BCUT2D eigenvalue weighted by molar-refractivity contribution is 0.0635. The number of nitrogens with zero attached hydrogens (tertiary/aromatic N) is 1. The number of carbonyl (C=O) groups is 1. The normalized spacial score (nSPS) is 12.9. The van der Waals surface area contributed by atoms with E-state index in [1.165, 1.54) is 6.20 Å². The van der Waals surface area contributed by atoms with E-state index in [9.17, 15) is 9.00 Å². The molecule has 106 valence electrons. The molecule has 0 saturated heterocycles. The third-order valence-corrected chi connectivity index (χ3v) is 3.43. The van der Waals surface area contributed by atoms with Crippen LogP contribution in [-0.2, 0) is 15.5 Å². The molecule has 1 amide bonds. The highest BCUT2D eigenvalue weighted by molar-refractivity contribution is 7.84. The van der Waals surface area contributed by atoms with Gasteiger partial charge in [0.1, 0.15) is 10.6 Å². The van der Waals surface area contributed by atoms with Crippen molar-refractivity contribution in [1.82, 2.24) is 4.98 Å². The van der Waals surface area contributed by atoms with Crippen LogP contribution in [0, 0.1) is 6.92 Å². The van der Waals surface area contributed by atoms with Gasteiger partial charge in [-0.05, 0) is 39.3 Å². The summed E-state index contributed by atoms with van der Waals surface area (Å²) < 4.78 is 16.8. The number of pyridine rings is 1. The summed E-state index contributed by atoms with van der Waals surface area (Å²) in [4.78, 5) is 15.7. The van der Waals surface area contributed by atoms with E-state index in [4.69, 9.17) is 4.74 Å². The summed E-state index contributed by atoms with van der Waals surface area (Å²) in [6, 6.07) is 1.71. The number of aromatic nitrogens is 1. The van der Waals surface area contributed by atoms with Gasteiger partial charge in [-0.3, -0.25) is 9.53 Å². The van der Waals surface area contributed by atoms with Crippen LogP contribution in [-0.4, -0.2) is 26.6 Å². The molecule has 0 spiro atoms. The number of hydrogen-bond donors (Lipinski definition) is 1. The molecule has 1 rings (SSSR count). The average Bonchev–Trinajstić information content (AvgIpc) is 2.28. The second-order valence-corrected chi connectivity index (χ2v) is 6.79. The summed E-state index contributed by atoms with van der Waals surface area (Å²) in [5.74, 6) is 0.519. The van der Waals surface area contributed by atoms with E-state index in [1.54, 1.807) is 26.8 Å². The van der Waals surface area contributed by atoms with Crippen molar-refractivity contribution in [3.63, 3.8) is 0 Å². The van der Waals surface area contributed by atoms with Gasteiger partial charge >= 0.3 is 6.09 Å². The van der Waals surface area contributed by atoms with Crippen LogP contribution in [0.5, 0.6) is 0 Å². The molecular formula is C13H20N2O3S. The summed E-state index contributed by atoms with van der Waals surface area (Å²) in [5.41, 5.74) is 0.818. The molecule has 1 aromatic rings. The van der Waals surface area contributed by atoms with Crippen molar-refractivity contribution in [2.45, 2.75) is 45.2 Å². The molecule has 6 heteroatoms. The highest BCUT2D eigenvalue weighted by atomic mass is 32.2. The van der Waals surface area contributed by atoms with Gasteiger partial charge in [0, 0.05) is 5.75 Å². The van der Waals surface area contributed by atoms with E-state index >= 15 is 0 Å². The quantitative estimate of drug-likeness (QED) is 0.926. The number of anilines is 1. The van der Waals surface area contributed by atoms with Crippen molar-refractivity contribution >= 4 is 22.6 Å². The summed E-state index contributed by atoms with van der Waals surface area (Å²) in [7, 11) is -1.09. The van der Waals surface area contributed by atoms with E-state index in [2.05, 4.69) is 10.3 Å². The molecule has 0 aliphatic carbocycles. The Morgan fingerprint density at radius 3 is 2.58 bits per heavy atom. The first-order valence-corrected chi connectivity index (χ1v) is 7.40. The highest BCUT2D eigenvalue weighted by Gasteiger charge is 2.17. The lowest BCUT2D eigenvalue weighted by Gasteiger charge is -2.20. The molecule has 1 unspecified atom stereocenters. The topological polar surface area (TPSA) is 68.3 Å². The first-order valence-electron chi connectivity index (χ1n) is 6.08. The van der Waals surface area contributed by atoms with Crippen molar-refractivity contribution in [2.24, 2.45) is 0 Å². The highest BCUT2D eigenvalue weighted by Crippen LogP contribution is 2.17. The maximum Gasteiger partial charge on any atom is 0.412 e. The minimum atomic E-state index is -1.09. The Morgan fingerprint density at radius 2 is 2.11 bits per heavy atom. The van der Waals surface area contributed by atoms with Gasteiger partial charge in [-0.2, -0.15) is 0 Å². The SMILES string of the molecule is CCS(=O)c1cc(C)c(NC(=O)OC(C)(C)C)cn1. The van der Waals surface area contributed by atoms with E-state index in [1.807, 2.05) is 13.8 Å². The third-order valence-electron chi connectivity index (χ3n) is 2.22. The number of carbonyl (C=O) groups excluding carboxylic acids is 1. The summed E-state index contributed by atoms with van der Waals surface area (Å²) >= 11 is 0. The Balaban J connectivity index is 2.81. The Hall–Kier alpha value is -1.43. The smallest absolute Gasteiger partial charge is 0.412 e. The first kappa shape index (κ1) is 15.6. The molecule has 0 aromatic carbocycles. The molecule has 0 fully saturated rings. The van der Waals surface area contributed by atoms with Crippen LogP contribution in [0.15, 0.2) is 17.3 Å². The molecule has 0 aliphatic heterocycles. The maximum atomic E-state index is 11.6. The van der Waals surface area contributed by atoms with Crippen molar-refractivity contribution in [3.8, 4) is 0 Å². The van der Waals surface area contributed by atoms with Crippen molar-refractivity contribution in [3.05, 3.63) is 17.8 Å². The molecule has 0 radical (unpaired) electrons. The van der Waals surface area contributed by atoms with Gasteiger partial charge in [-0.15, -0.1) is 0 Å². The standard InChI is InChI=1S/C13H20N2O3S/c1-6-19(17)11-7-9(2)10(8-14-11)15-12(16)18-13(3,4)5/h7-8H,6H2,1-5H3,(H,15,16). The van der Waals surface area contributed by atoms with E-state index in [0.29, 0.717) is 16.5 Å². The van der Waals surface area contributed by atoms with Crippen LogP contribution in [0.3, 0.4) is 0 Å². The van der Waals surface area contributed by atoms with Gasteiger partial charge in [0.25, 0.3) is 0 Å². The largest absolute Gasteiger partial charge is 0.444 e. The van der Waals surface area contributed by atoms with Gasteiger partial charge in [0.2, 0.25) is 0 Å². The first-order chi connectivity index (χ1) is 8.73. The van der Waals surface area contributed by atoms with Crippen LogP contribution in [0.25, 0.3) is 0 Å². The van der Waals surface area contributed by atoms with Gasteiger partial charge < -0.3 is 4.74 Å². The molecule has 1 heterocycles. The predicted molar refractivity (Wildman–Crippen MR) is 75.8 cm³/mol. The number of nitrogens with one attached hydrogen (secondary N) is 1. The average molecular weight is 284 g/mol. The molecule has 0 saturated carbocycles. The lowest BCUT2D eigenvalue weighted by atomic mass is 10.2. The molecule has 1 N–H and O–H groups in total. The number of rotatable bonds is 3. The molecule has 0 bridgehead atoms. The zero-order chi connectivity index (χ0) is 14.6. The maximum absolute atomic E-state index is 11.6. The van der Waals surface area contributed by atoms with E-state index in [-0.39, 0.29) is 0 Å². The molecule has 0 aliphatic rings. The fourth-order valence-electron chi connectivity index (χ4n) is 1.35. The molecule has 1 atom stereocenters. The zero-order valence-electron chi connectivity index (χ0n) is 11.9. The summed E-state index contributed by atoms with van der Waals surface area (Å²) in [5, 5.41) is 3.15. The van der Waals surface area contributed by atoms with Crippen molar-refractivity contribution in [1.29, 1.82) is 0 Å². The fourth-order valence-corrected chi connectivity index (χ4v) is 2.12. The van der Waals surface area contributed by atoms with E-state index < -0.39 is 22.5 Å². The Labute approximate surface area is 116 Å². The van der Waals surface area contributed by atoms with Crippen molar-refractivity contribution < 1.29 is 13.7 Å². The van der Waals surface area contributed by atoms with E-state index in [0.717, 1.165) is 5.56 Å². The van der Waals surface area contributed by atoms with Gasteiger partial charge in [0.05, 0.1) is 22.7 Å². The van der Waals surface area contributed by atoms with Gasteiger partial charge in [0.15, 0.2) is 0 Å². The van der Waals surface area contributed by atoms with Crippen LogP contribution < -0.4 is 5.32 Å². The zero-order valence-corrected chi connectivity index (χ0v) is 12.8. The number of aryl methyl sites for hydroxylation is 1. The van der Waals surface area contributed by atoms with Crippen LogP contribution in [0.4, 0.5) is 10.5 Å². The van der Waals surface area contributed by atoms with Crippen molar-refractivity contribution in [2.75, 3.05) is 11.1 Å². The van der Waals surface area contributed by atoms with Gasteiger partial charge in [-0.25, -0.2) is 9.78 Å². The predicted octanol–water partition coefficient (Wildman–Crippen LogP) is 2.86. The minimum Gasteiger partial charge on any atom is -0.444 e. The molecule has 19 heavy (non-hydrogen) atoms. The second kappa shape index (κ2) is 6.14. The Bertz CT molecular complexity index is 495. The summed E-state index contributed by atoms with van der Waals surface area (Å²) in [6.07, 6.45) is 0.976. The molecule has 1 aromatic heterocycles. The van der Waals surface area contributed by atoms with Crippen LogP contribution >= 0.6 is 0 Å². The monoisotopic (exact) mass is 284 g/mol. The minimum absolute atomic E-state index is 0.519. The van der Waals surface area contributed by atoms with Crippen LogP contribution in [0.1, 0.15) is 33.3 Å². The fraction of sp³-hybridized carbons (Fsp3) is 0.538. The lowest BCUT2D eigenvalue weighted by Crippen LogP contribution is -2.27. The Kier molecular flexibility index (Phi) is 5.05. The van der Waals surface area contributed by atoms with Gasteiger partial charge in [-0.1, -0.05) is 6.92 Å². The molecular weight excluding hydrogens is 264 g/mol.